The van der Waals surface area contributed by atoms with Crippen LogP contribution in [0.25, 0.3) is 11.0 Å². The van der Waals surface area contributed by atoms with Gasteiger partial charge in [0.15, 0.2) is 5.58 Å². The summed E-state index contributed by atoms with van der Waals surface area (Å²) >= 11 is 0. The third-order valence-electron chi connectivity index (χ3n) is 5.76. The number of nitroso groups, excluding NO2 is 1. The van der Waals surface area contributed by atoms with E-state index in [2.05, 4.69) is 15.4 Å². The number of hydrogen-bond acceptors (Lipinski definition) is 10. The summed E-state index contributed by atoms with van der Waals surface area (Å²) in [4.78, 5) is 47.9. The van der Waals surface area contributed by atoms with E-state index in [9.17, 15) is 34.8 Å². The van der Waals surface area contributed by atoms with Gasteiger partial charge in [0.2, 0.25) is 11.5 Å². The lowest BCUT2D eigenvalue weighted by molar-refractivity contribution is -0.385. The molecule has 1 aromatic heterocycles. The molecule has 0 saturated carbocycles. The summed E-state index contributed by atoms with van der Waals surface area (Å²) in [7, 11) is 0. The van der Waals surface area contributed by atoms with Gasteiger partial charge in [-0.05, 0) is 41.8 Å². The Labute approximate surface area is 191 Å². The van der Waals surface area contributed by atoms with Crippen LogP contribution in [-0.4, -0.2) is 45.1 Å². The van der Waals surface area contributed by atoms with Crippen LogP contribution in [0.1, 0.15) is 28.8 Å². The predicted octanol–water partition coefficient (Wildman–Crippen LogP) is 2.90. The fourth-order valence-electron chi connectivity index (χ4n) is 3.94. The van der Waals surface area contributed by atoms with Crippen molar-refractivity contribution in [2.45, 2.75) is 25.4 Å². The summed E-state index contributed by atoms with van der Waals surface area (Å²) < 4.78 is 4.97. The fraction of sp³-hybridized carbons (Fsp3) is 0.273. The van der Waals surface area contributed by atoms with E-state index in [0.717, 1.165) is 17.7 Å². The molecule has 34 heavy (non-hydrogen) atoms. The maximum absolute atomic E-state index is 12.7. The van der Waals surface area contributed by atoms with Gasteiger partial charge in [-0.3, -0.25) is 19.8 Å². The molecular weight excluding hydrogens is 448 g/mol. The number of amides is 1. The third kappa shape index (κ3) is 4.57. The zero-order valence-corrected chi connectivity index (χ0v) is 17.8. The number of nitrogens with zero attached hydrogens (tertiary/aromatic N) is 3. The lowest BCUT2D eigenvalue weighted by atomic mass is 10.0. The number of carbonyl (C=O) groups is 1. The molecule has 1 aliphatic rings. The highest BCUT2D eigenvalue weighted by Crippen LogP contribution is 2.41. The Kier molecular flexibility index (Phi) is 6.23. The number of piperidine rings is 1. The van der Waals surface area contributed by atoms with Crippen LogP contribution in [0.15, 0.2) is 50.8 Å². The average molecular weight is 468 g/mol. The van der Waals surface area contributed by atoms with Gasteiger partial charge >= 0.3 is 11.3 Å². The van der Waals surface area contributed by atoms with E-state index >= 15 is 0 Å². The molecule has 12 heteroatoms. The molecule has 4 rings (SSSR count). The van der Waals surface area contributed by atoms with Gasteiger partial charge < -0.3 is 19.9 Å². The monoisotopic (exact) mass is 468 g/mol. The second-order valence-corrected chi connectivity index (χ2v) is 8.00. The summed E-state index contributed by atoms with van der Waals surface area (Å²) in [6, 6.07) is 8.80. The topological polar surface area (TPSA) is 176 Å². The number of fused-ring (bicyclic) bond motifs is 1. The van der Waals surface area contributed by atoms with Crippen LogP contribution in [0.3, 0.4) is 0 Å². The van der Waals surface area contributed by atoms with Crippen molar-refractivity contribution in [2.75, 3.05) is 13.1 Å². The van der Waals surface area contributed by atoms with Crippen molar-refractivity contribution in [3.8, 4) is 11.5 Å². The number of phenolic OH excluding ortho intramolecular Hbond substituents is 2. The first kappa shape index (κ1) is 22.9. The molecule has 1 aliphatic heterocycles. The van der Waals surface area contributed by atoms with Gasteiger partial charge in [0.1, 0.15) is 11.3 Å². The number of benzene rings is 2. The highest BCUT2D eigenvalue weighted by atomic mass is 16.6. The van der Waals surface area contributed by atoms with Gasteiger partial charge in [0.05, 0.1) is 4.92 Å². The van der Waals surface area contributed by atoms with Crippen LogP contribution in [0.2, 0.25) is 0 Å². The van der Waals surface area contributed by atoms with Gasteiger partial charge in [0, 0.05) is 37.1 Å². The first-order chi connectivity index (χ1) is 16.3. The minimum atomic E-state index is -1.04. The number of aromatic hydroxyl groups is 2. The van der Waals surface area contributed by atoms with E-state index in [1.165, 1.54) is 0 Å². The van der Waals surface area contributed by atoms with Crippen molar-refractivity contribution >= 4 is 28.3 Å². The maximum Gasteiger partial charge on any atom is 0.349 e. The predicted molar refractivity (Wildman–Crippen MR) is 120 cm³/mol. The van der Waals surface area contributed by atoms with E-state index in [1.54, 1.807) is 12.1 Å². The van der Waals surface area contributed by atoms with Crippen molar-refractivity contribution in [3.63, 3.8) is 0 Å². The summed E-state index contributed by atoms with van der Waals surface area (Å²) in [6.07, 6.45) is 1.28. The quantitative estimate of drug-likeness (QED) is 0.161. The molecule has 0 atom stereocenters. The molecule has 0 spiro atoms. The molecule has 2 aromatic carbocycles. The standard InChI is InChI=1S/C22H20N4O8/c27-18-17(26(32)33)10-13-9-16(22(30)34-20(13)19(18)28)21(29)23-14-5-7-25(8-6-14)11-12-1-3-15(24-31)4-2-12/h1-4,9-10,14,27-28H,5-8,11H2,(H,23,29). The number of likely N-dealkylation sites (tertiary alicyclic amines) is 1. The second kappa shape index (κ2) is 9.27. The van der Waals surface area contributed by atoms with Crippen molar-refractivity contribution in [3.05, 3.63) is 73.0 Å². The Hall–Kier alpha value is -4.32. The van der Waals surface area contributed by atoms with Crippen molar-refractivity contribution in [2.24, 2.45) is 5.18 Å². The summed E-state index contributed by atoms with van der Waals surface area (Å²) in [5.41, 5.74) is -1.24. The second-order valence-electron chi connectivity index (χ2n) is 8.00. The van der Waals surface area contributed by atoms with Gasteiger partial charge in [-0.1, -0.05) is 12.1 Å². The maximum atomic E-state index is 12.7. The number of hydrogen-bond donors (Lipinski definition) is 3. The molecule has 176 valence electrons. The van der Waals surface area contributed by atoms with Crippen molar-refractivity contribution in [1.29, 1.82) is 0 Å². The SMILES string of the molecule is O=Nc1ccc(CN2CCC(NC(=O)c3cc4cc([N+](=O)[O-])c(O)c(O)c4oc3=O)CC2)cc1. The summed E-state index contributed by atoms with van der Waals surface area (Å²) in [5, 5.41) is 36.4. The molecule has 0 aliphatic carbocycles. The number of nitrogens with one attached hydrogen (secondary N) is 1. The highest BCUT2D eigenvalue weighted by molar-refractivity contribution is 5.98. The Morgan fingerprint density at radius 1 is 1.18 bits per heavy atom. The molecule has 12 nitrogen and oxygen atoms in total. The zero-order valence-electron chi connectivity index (χ0n) is 17.8. The van der Waals surface area contributed by atoms with Gasteiger partial charge in [-0.2, -0.15) is 0 Å². The molecule has 0 radical (unpaired) electrons. The van der Waals surface area contributed by atoms with Gasteiger partial charge in [-0.15, -0.1) is 4.91 Å². The fourth-order valence-corrected chi connectivity index (χ4v) is 3.94. The average Bonchev–Trinajstić information content (AvgIpc) is 2.83. The largest absolute Gasteiger partial charge is 0.501 e. The molecule has 2 heterocycles. The van der Waals surface area contributed by atoms with Crippen LogP contribution in [0, 0.1) is 15.0 Å². The lowest BCUT2D eigenvalue weighted by Gasteiger charge is -2.32. The first-order valence-corrected chi connectivity index (χ1v) is 10.4. The van der Waals surface area contributed by atoms with Crippen LogP contribution in [0.5, 0.6) is 11.5 Å². The van der Waals surface area contributed by atoms with Crippen molar-refractivity contribution in [1.82, 2.24) is 10.2 Å². The molecule has 1 amide bonds. The number of rotatable bonds is 6. The minimum Gasteiger partial charge on any atom is -0.501 e. The van der Waals surface area contributed by atoms with Gasteiger partial charge in [-0.25, -0.2) is 4.79 Å². The Bertz CT molecular complexity index is 1330. The normalized spacial score (nSPS) is 14.7. The molecule has 0 bridgehead atoms. The number of nitro groups is 1. The number of phenols is 2. The highest BCUT2D eigenvalue weighted by Gasteiger charge is 2.26. The van der Waals surface area contributed by atoms with E-state index < -0.39 is 39.2 Å². The van der Waals surface area contributed by atoms with E-state index in [4.69, 9.17) is 4.42 Å². The van der Waals surface area contributed by atoms with E-state index in [-0.39, 0.29) is 17.0 Å². The van der Waals surface area contributed by atoms with E-state index in [0.29, 0.717) is 38.2 Å². The number of nitro benzene ring substituents is 1. The Morgan fingerprint density at radius 2 is 1.85 bits per heavy atom. The van der Waals surface area contributed by atoms with Crippen molar-refractivity contribution < 1.29 is 24.3 Å². The summed E-state index contributed by atoms with van der Waals surface area (Å²) in [5.74, 6) is -2.67. The summed E-state index contributed by atoms with van der Waals surface area (Å²) in [6.45, 7) is 2.08. The molecule has 0 unspecified atom stereocenters. The first-order valence-electron chi connectivity index (χ1n) is 10.4. The van der Waals surface area contributed by atoms with Crippen LogP contribution >= 0.6 is 0 Å². The van der Waals surface area contributed by atoms with Crippen LogP contribution in [0.4, 0.5) is 11.4 Å². The molecule has 3 aromatic rings. The minimum absolute atomic E-state index is 0.0719. The molecular formula is C22H20N4O8. The van der Waals surface area contributed by atoms with Crippen LogP contribution < -0.4 is 10.9 Å². The molecule has 1 fully saturated rings. The zero-order chi connectivity index (χ0) is 24.4. The smallest absolute Gasteiger partial charge is 0.349 e. The Morgan fingerprint density at radius 3 is 2.47 bits per heavy atom. The molecule has 3 N–H and O–H groups in total. The van der Waals surface area contributed by atoms with Gasteiger partial charge in [0.25, 0.3) is 5.91 Å². The van der Waals surface area contributed by atoms with E-state index in [1.807, 2.05) is 12.1 Å². The lowest BCUT2D eigenvalue weighted by Crippen LogP contribution is -2.45. The van der Waals surface area contributed by atoms with Crippen LogP contribution in [-0.2, 0) is 6.54 Å². The third-order valence-corrected chi connectivity index (χ3v) is 5.76. The Balaban J connectivity index is 1.43. The number of carbonyl (C=O) groups excluding carboxylic acids is 1. The molecule has 1 saturated heterocycles.